The van der Waals surface area contributed by atoms with Crippen LogP contribution in [0.25, 0.3) is 0 Å². The summed E-state index contributed by atoms with van der Waals surface area (Å²) < 4.78 is 4.96. The van der Waals surface area contributed by atoms with Crippen molar-refractivity contribution in [2.24, 2.45) is 0 Å². The summed E-state index contributed by atoms with van der Waals surface area (Å²) in [5, 5.41) is 12.1. The summed E-state index contributed by atoms with van der Waals surface area (Å²) in [7, 11) is 1.61. The molecule has 1 amide bonds. The molecule has 5 nitrogen and oxygen atoms in total. The highest BCUT2D eigenvalue weighted by Crippen LogP contribution is 2.09. The molecule has 0 aromatic rings. The van der Waals surface area contributed by atoms with Crippen LogP contribution in [0.5, 0.6) is 0 Å². The van der Waals surface area contributed by atoms with E-state index in [-0.39, 0.29) is 18.6 Å². The molecular weight excluding hydrogens is 208 g/mol. The lowest BCUT2D eigenvalue weighted by Crippen LogP contribution is -2.50. The fraction of sp³-hybridized carbons (Fsp3) is 0.909. The first kappa shape index (κ1) is 13.4. The van der Waals surface area contributed by atoms with Gasteiger partial charge in [0, 0.05) is 20.2 Å². The molecule has 1 saturated heterocycles. The minimum Gasteiger partial charge on any atom is -0.395 e. The van der Waals surface area contributed by atoms with Crippen molar-refractivity contribution in [2.75, 3.05) is 40.0 Å². The molecular formula is C11H22N2O3. The van der Waals surface area contributed by atoms with E-state index in [4.69, 9.17) is 9.84 Å². The number of methoxy groups -OCH3 is 1. The molecule has 0 radical (unpaired) electrons. The van der Waals surface area contributed by atoms with Crippen LogP contribution >= 0.6 is 0 Å². The minimum atomic E-state index is -0.0721. The summed E-state index contributed by atoms with van der Waals surface area (Å²) in [6.45, 7) is 2.36. The van der Waals surface area contributed by atoms with Gasteiger partial charge in [0.05, 0.1) is 19.3 Å². The van der Waals surface area contributed by atoms with Crippen LogP contribution in [0.4, 0.5) is 0 Å². The molecule has 94 valence electrons. The van der Waals surface area contributed by atoms with Crippen LogP contribution in [0.2, 0.25) is 0 Å². The van der Waals surface area contributed by atoms with Crippen LogP contribution < -0.4 is 5.32 Å². The van der Waals surface area contributed by atoms with Gasteiger partial charge in [-0.1, -0.05) is 6.42 Å². The number of hydrogen-bond acceptors (Lipinski definition) is 4. The van der Waals surface area contributed by atoms with Crippen LogP contribution in [-0.4, -0.2) is 61.9 Å². The molecule has 5 heteroatoms. The number of aliphatic hydroxyl groups is 1. The number of rotatable bonds is 6. The number of ether oxygens (including phenoxy) is 1. The van der Waals surface area contributed by atoms with Crippen LogP contribution in [0, 0.1) is 0 Å². The van der Waals surface area contributed by atoms with E-state index in [9.17, 15) is 4.79 Å². The van der Waals surface area contributed by atoms with Gasteiger partial charge in [-0.05, 0) is 19.4 Å². The standard InChI is InChI=1S/C11H22N2O3/c1-16-9-7-13(6-8-14)11(15)10-4-2-3-5-12-10/h10,12,14H,2-9H2,1H3/t10-/m1/s1. The van der Waals surface area contributed by atoms with E-state index in [1.807, 2.05) is 0 Å². The van der Waals surface area contributed by atoms with Gasteiger partial charge < -0.3 is 20.1 Å². The topological polar surface area (TPSA) is 61.8 Å². The first-order chi connectivity index (χ1) is 7.79. The van der Waals surface area contributed by atoms with Gasteiger partial charge >= 0.3 is 0 Å². The van der Waals surface area contributed by atoms with Crippen LogP contribution in [-0.2, 0) is 9.53 Å². The molecule has 1 aliphatic rings. The number of nitrogens with zero attached hydrogens (tertiary/aromatic N) is 1. The van der Waals surface area contributed by atoms with Gasteiger partial charge in [-0.2, -0.15) is 0 Å². The lowest BCUT2D eigenvalue weighted by molar-refractivity contribution is -0.135. The lowest BCUT2D eigenvalue weighted by atomic mass is 10.0. The summed E-state index contributed by atoms with van der Waals surface area (Å²) in [6, 6.07) is -0.0721. The second-order valence-electron chi connectivity index (χ2n) is 4.04. The highest BCUT2D eigenvalue weighted by molar-refractivity contribution is 5.82. The highest BCUT2D eigenvalue weighted by Gasteiger charge is 2.24. The summed E-state index contributed by atoms with van der Waals surface area (Å²) in [6.07, 6.45) is 3.14. The third-order valence-corrected chi connectivity index (χ3v) is 2.86. The fourth-order valence-corrected chi connectivity index (χ4v) is 1.94. The maximum absolute atomic E-state index is 12.1. The highest BCUT2D eigenvalue weighted by atomic mass is 16.5. The number of nitrogens with one attached hydrogen (secondary N) is 1. The van der Waals surface area contributed by atoms with Gasteiger partial charge in [0.2, 0.25) is 5.91 Å². The molecule has 0 unspecified atom stereocenters. The number of amides is 1. The van der Waals surface area contributed by atoms with Crippen LogP contribution in [0.3, 0.4) is 0 Å². The third-order valence-electron chi connectivity index (χ3n) is 2.86. The van der Waals surface area contributed by atoms with E-state index in [1.54, 1.807) is 12.0 Å². The van der Waals surface area contributed by atoms with Crippen molar-refractivity contribution in [3.05, 3.63) is 0 Å². The van der Waals surface area contributed by atoms with E-state index >= 15 is 0 Å². The van der Waals surface area contributed by atoms with Gasteiger partial charge in [0.1, 0.15) is 0 Å². The van der Waals surface area contributed by atoms with Crippen molar-refractivity contribution < 1.29 is 14.6 Å². The second-order valence-corrected chi connectivity index (χ2v) is 4.04. The Labute approximate surface area is 96.8 Å². The zero-order valence-corrected chi connectivity index (χ0v) is 9.95. The average molecular weight is 230 g/mol. The largest absolute Gasteiger partial charge is 0.395 e. The minimum absolute atomic E-state index is 0.00216. The summed E-state index contributed by atoms with van der Waals surface area (Å²) >= 11 is 0. The quantitative estimate of drug-likeness (QED) is 0.651. The molecule has 1 fully saturated rings. The van der Waals surface area contributed by atoms with E-state index in [1.165, 1.54) is 0 Å². The van der Waals surface area contributed by atoms with Crippen LogP contribution in [0.1, 0.15) is 19.3 Å². The Hall–Kier alpha value is -0.650. The van der Waals surface area contributed by atoms with Gasteiger partial charge in [-0.3, -0.25) is 4.79 Å². The molecule has 0 aliphatic carbocycles. The Morgan fingerprint density at radius 3 is 2.88 bits per heavy atom. The number of piperidine rings is 1. The Balaban J connectivity index is 2.44. The van der Waals surface area contributed by atoms with Gasteiger partial charge in [-0.25, -0.2) is 0 Å². The normalized spacial score (nSPS) is 20.8. The van der Waals surface area contributed by atoms with Crippen molar-refractivity contribution in [2.45, 2.75) is 25.3 Å². The number of hydrogen-bond donors (Lipinski definition) is 2. The molecule has 1 aliphatic heterocycles. The molecule has 0 saturated carbocycles. The summed E-state index contributed by atoms with van der Waals surface area (Å²) in [5.74, 6) is 0.0887. The van der Waals surface area contributed by atoms with Crippen molar-refractivity contribution in [3.8, 4) is 0 Å². The summed E-state index contributed by atoms with van der Waals surface area (Å²) in [5.41, 5.74) is 0. The first-order valence-electron chi connectivity index (χ1n) is 5.91. The predicted octanol–water partition coefficient (Wildman–Crippen LogP) is -0.404. The third kappa shape index (κ3) is 4.08. The van der Waals surface area contributed by atoms with Crippen LogP contribution in [0.15, 0.2) is 0 Å². The first-order valence-corrected chi connectivity index (χ1v) is 5.91. The number of carbonyl (C=O) groups excluding carboxylic acids is 1. The Morgan fingerprint density at radius 2 is 2.31 bits per heavy atom. The number of carbonyl (C=O) groups is 1. The fourth-order valence-electron chi connectivity index (χ4n) is 1.94. The molecule has 16 heavy (non-hydrogen) atoms. The average Bonchev–Trinajstić information content (AvgIpc) is 2.35. The molecule has 0 spiro atoms. The maximum atomic E-state index is 12.1. The van der Waals surface area contributed by atoms with Gasteiger partial charge in [0.25, 0.3) is 0 Å². The molecule has 1 atom stereocenters. The van der Waals surface area contributed by atoms with Crippen molar-refractivity contribution in [1.29, 1.82) is 0 Å². The molecule has 0 bridgehead atoms. The van der Waals surface area contributed by atoms with E-state index in [0.717, 1.165) is 25.8 Å². The van der Waals surface area contributed by atoms with E-state index in [0.29, 0.717) is 19.7 Å². The second kappa shape index (κ2) is 7.60. The van der Waals surface area contributed by atoms with E-state index in [2.05, 4.69) is 5.32 Å². The molecule has 2 N–H and O–H groups in total. The van der Waals surface area contributed by atoms with Crippen molar-refractivity contribution in [1.82, 2.24) is 10.2 Å². The predicted molar refractivity (Wildman–Crippen MR) is 61.2 cm³/mol. The Morgan fingerprint density at radius 1 is 1.50 bits per heavy atom. The zero-order valence-electron chi connectivity index (χ0n) is 9.95. The zero-order chi connectivity index (χ0) is 11.8. The van der Waals surface area contributed by atoms with Crippen molar-refractivity contribution >= 4 is 5.91 Å². The van der Waals surface area contributed by atoms with E-state index < -0.39 is 0 Å². The molecule has 0 aromatic carbocycles. The molecule has 0 aromatic heterocycles. The van der Waals surface area contributed by atoms with Crippen molar-refractivity contribution in [3.63, 3.8) is 0 Å². The van der Waals surface area contributed by atoms with Gasteiger partial charge in [0.15, 0.2) is 0 Å². The monoisotopic (exact) mass is 230 g/mol. The summed E-state index contributed by atoms with van der Waals surface area (Å²) in [4.78, 5) is 13.8. The Kier molecular flexibility index (Phi) is 6.37. The Bertz CT molecular complexity index is 205. The SMILES string of the molecule is COCCN(CCO)C(=O)[C@H]1CCCCN1. The molecule has 1 heterocycles. The molecule has 1 rings (SSSR count). The number of aliphatic hydroxyl groups excluding tert-OH is 1. The maximum Gasteiger partial charge on any atom is 0.239 e. The smallest absolute Gasteiger partial charge is 0.239 e. The van der Waals surface area contributed by atoms with Gasteiger partial charge in [-0.15, -0.1) is 0 Å². The lowest BCUT2D eigenvalue weighted by Gasteiger charge is -2.29.